The third-order valence-electron chi connectivity index (χ3n) is 5.28. The zero-order valence-electron chi connectivity index (χ0n) is 18.0. The highest BCUT2D eigenvalue weighted by molar-refractivity contribution is 8.00. The lowest BCUT2D eigenvalue weighted by Crippen LogP contribution is -2.39. The fourth-order valence-electron chi connectivity index (χ4n) is 3.55. The summed E-state index contributed by atoms with van der Waals surface area (Å²) in [6, 6.07) is 12.4. The highest BCUT2D eigenvalue weighted by atomic mass is 35.5. The van der Waals surface area contributed by atoms with E-state index in [0.29, 0.717) is 6.54 Å². The summed E-state index contributed by atoms with van der Waals surface area (Å²) < 4.78 is 19.7. The van der Waals surface area contributed by atoms with Crippen molar-refractivity contribution in [1.29, 1.82) is 0 Å². The fourth-order valence-corrected chi connectivity index (χ4v) is 5.41. The van der Waals surface area contributed by atoms with Crippen LogP contribution in [0.3, 0.4) is 0 Å². The van der Waals surface area contributed by atoms with E-state index in [9.17, 15) is 9.18 Å². The Balaban J connectivity index is 0.00000289. The van der Waals surface area contributed by atoms with Crippen molar-refractivity contribution in [3.8, 4) is 0 Å². The molecule has 0 saturated carbocycles. The Bertz CT molecular complexity index is 1030. The van der Waals surface area contributed by atoms with Crippen molar-refractivity contribution in [2.24, 2.45) is 0 Å². The molecule has 0 radical (unpaired) electrons. The Kier molecular flexibility index (Phi) is 9.31. The van der Waals surface area contributed by atoms with Crippen molar-refractivity contribution in [1.82, 2.24) is 9.88 Å². The minimum atomic E-state index is -0.273. The molecule has 9 heteroatoms. The van der Waals surface area contributed by atoms with Gasteiger partial charge in [0.15, 0.2) is 5.13 Å². The first kappa shape index (κ1) is 24.9. The second-order valence-corrected chi connectivity index (χ2v) is 9.57. The zero-order valence-corrected chi connectivity index (χ0v) is 20.4. The van der Waals surface area contributed by atoms with E-state index in [4.69, 9.17) is 9.72 Å². The number of ether oxygens (including phenoxy) is 1. The van der Waals surface area contributed by atoms with Crippen LogP contribution in [0.4, 0.5) is 9.52 Å². The van der Waals surface area contributed by atoms with Crippen LogP contribution in [0.15, 0.2) is 47.4 Å². The predicted molar refractivity (Wildman–Crippen MR) is 133 cm³/mol. The number of amides is 1. The van der Waals surface area contributed by atoms with E-state index in [1.165, 1.54) is 23.9 Å². The van der Waals surface area contributed by atoms with Gasteiger partial charge in [-0.05, 0) is 49.2 Å². The molecule has 1 aromatic heterocycles. The van der Waals surface area contributed by atoms with Gasteiger partial charge in [-0.3, -0.25) is 14.6 Å². The van der Waals surface area contributed by atoms with Crippen LogP contribution in [0.2, 0.25) is 0 Å². The summed E-state index contributed by atoms with van der Waals surface area (Å²) in [5.74, 6) is 0.0382. The summed E-state index contributed by atoms with van der Waals surface area (Å²) in [6.45, 7) is 7.02. The number of fused-ring (bicyclic) bond motifs is 1. The maximum atomic E-state index is 13.2. The first-order valence-corrected chi connectivity index (χ1v) is 12.3. The van der Waals surface area contributed by atoms with Crippen molar-refractivity contribution >= 4 is 56.8 Å². The number of aromatic nitrogens is 1. The number of hydrogen-bond donors (Lipinski definition) is 0. The van der Waals surface area contributed by atoms with Crippen molar-refractivity contribution in [3.05, 3.63) is 53.8 Å². The number of halogens is 2. The summed E-state index contributed by atoms with van der Waals surface area (Å²) in [5.41, 5.74) is 2.07. The molecule has 0 atom stereocenters. The number of aryl methyl sites for hydroxylation is 1. The van der Waals surface area contributed by atoms with Crippen molar-refractivity contribution in [2.75, 3.05) is 50.0 Å². The Morgan fingerprint density at radius 1 is 1.22 bits per heavy atom. The van der Waals surface area contributed by atoms with Gasteiger partial charge in [0.2, 0.25) is 5.91 Å². The van der Waals surface area contributed by atoms with Gasteiger partial charge < -0.3 is 4.74 Å². The molecular formula is C23H27ClFN3O2S2. The molecule has 2 heterocycles. The number of morpholine rings is 1. The van der Waals surface area contributed by atoms with Gasteiger partial charge in [0.05, 0.1) is 29.2 Å². The summed E-state index contributed by atoms with van der Waals surface area (Å²) in [5, 5.41) is 0.746. The summed E-state index contributed by atoms with van der Waals surface area (Å²) in [7, 11) is 0. The van der Waals surface area contributed by atoms with E-state index in [0.717, 1.165) is 65.1 Å². The first-order chi connectivity index (χ1) is 15.1. The lowest BCUT2D eigenvalue weighted by atomic mass is 10.2. The molecule has 32 heavy (non-hydrogen) atoms. The maximum absolute atomic E-state index is 13.2. The molecule has 2 aromatic carbocycles. The number of thiazole rings is 1. The predicted octanol–water partition coefficient (Wildman–Crippen LogP) is 5.01. The summed E-state index contributed by atoms with van der Waals surface area (Å²) in [6.07, 6.45) is 0.877. The average Bonchev–Trinajstić information content (AvgIpc) is 3.22. The van der Waals surface area contributed by atoms with E-state index < -0.39 is 0 Å². The monoisotopic (exact) mass is 495 g/mol. The fraction of sp³-hybridized carbons (Fsp3) is 0.391. The van der Waals surface area contributed by atoms with Crippen molar-refractivity contribution in [3.63, 3.8) is 0 Å². The third kappa shape index (κ3) is 6.42. The molecule has 3 aromatic rings. The molecule has 0 N–H and O–H groups in total. The Morgan fingerprint density at radius 2 is 1.97 bits per heavy atom. The summed E-state index contributed by atoms with van der Waals surface area (Å²) >= 11 is 2.98. The number of rotatable bonds is 8. The first-order valence-electron chi connectivity index (χ1n) is 10.4. The Morgan fingerprint density at radius 3 is 2.69 bits per heavy atom. The quantitative estimate of drug-likeness (QED) is 0.411. The van der Waals surface area contributed by atoms with Gasteiger partial charge in [-0.15, -0.1) is 24.2 Å². The number of nitrogens with zero attached hydrogens (tertiary/aromatic N) is 3. The van der Waals surface area contributed by atoms with Crippen molar-refractivity contribution < 1.29 is 13.9 Å². The van der Waals surface area contributed by atoms with Crippen LogP contribution in [-0.4, -0.2) is 60.9 Å². The second kappa shape index (κ2) is 12.0. The number of benzene rings is 2. The normalized spacial score (nSPS) is 14.3. The molecule has 1 saturated heterocycles. The van der Waals surface area contributed by atoms with Gasteiger partial charge in [-0.25, -0.2) is 9.37 Å². The second-order valence-electron chi connectivity index (χ2n) is 7.51. The molecule has 0 bridgehead atoms. The largest absolute Gasteiger partial charge is 0.379 e. The van der Waals surface area contributed by atoms with E-state index in [1.54, 1.807) is 23.5 Å². The van der Waals surface area contributed by atoms with E-state index in [1.807, 2.05) is 30.0 Å². The molecule has 0 unspecified atom stereocenters. The standard InChI is InChI=1S/C23H26FN3O2S2.ClH/c1-17-4-2-5-20-22(17)25-23(31-20)27(11-3-10-26-12-14-29-15-13-26)21(28)16-30-19-8-6-18(24)7-9-19;/h2,4-9H,3,10-16H2,1H3;1H. The van der Waals surface area contributed by atoms with Crippen LogP contribution < -0.4 is 4.90 Å². The highest BCUT2D eigenvalue weighted by Gasteiger charge is 2.21. The topological polar surface area (TPSA) is 45.7 Å². The van der Waals surface area contributed by atoms with Crippen LogP contribution >= 0.6 is 35.5 Å². The van der Waals surface area contributed by atoms with Crippen LogP contribution in [0.1, 0.15) is 12.0 Å². The van der Waals surface area contributed by atoms with Crippen molar-refractivity contribution in [2.45, 2.75) is 18.2 Å². The van der Waals surface area contributed by atoms with E-state index in [-0.39, 0.29) is 29.9 Å². The van der Waals surface area contributed by atoms with Crippen LogP contribution in [0, 0.1) is 12.7 Å². The third-order valence-corrected chi connectivity index (χ3v) is 7.32. The molecule has 172 valence electrons. The molecule has 1 aliphatic rings. The molecule has 1 fully saturated rings. The Hall–Kier alpha value is -1.71. The SMILES string of the molecule is Cc1cccc2sc(N(CCCN3CCOCC3)C(=O)CSc3ccc(F)cc3)nc12.Cl. The van der Waals surface area contributed by atoms with Gasteiger partial charge in [0.1, 0.15) is 5.82 Å². The molecule has 0 aliphatic carbocycles. The number of thioether (sulfide) groups is 1. The number of anilines is 1. The zero-order chi connectivity index (χ0) is 21.6. The molecular weight excluding hydrogens is 469 g/mol. The lowest BCUT2D eigenvalue weighted by molar-refractivity contribution is -0.116. The minimum Gasteiger partial charge on any atom is -0.379 e. The smallest absolute Gasteiger partial charge is 0.239 e. The van der Waals surface area contributed by atoms with Gasteiger partial charge in [-0.2, -0.15) is 0 Å². The molecule has 1 amide bonds. The van der Waals surface area contributed by atoms with Crippen LogP contribution in [0.5, 0.6) is 0 Å². The van der Waals surface area contributed by atoms with Crippen LogP contribution in [0.25, 0.3) is 10.2 Å². The van der Waals surface area contributed by atoms with Gasteiger partial charge >= 0.3 is 0 Å². The number of carbonyl (C=O) groups is 1. The maximum Gasteiger partial charge on any atom is 0.239 e. The summed E-state index contributed by atoms with van der Waals surface area (Å²) in [4.78, 5) is 23.1. The molecule has 1 aliphatic heterocycles. The van der Waals surface area contributed by atoms with Gasteiger partial charge in [-0.1, -0.05) is 23.5 Å². The van der Waals surface area contributed by atoms with E-state index in [2.05, 4.69) is 4.90 Å². The van der Waals surface area contributed by atoms with Gasteiger partial charge in [0.25, 0.3) is 0 Å². The average molecular weight is 496 g/mol. The van der Waals surface area contributed by atoms with Gasteiger partial charge in [0, 0.05) is 31.1 Å². The Labute approximate surface area is 202 Å². The molecule has 5 nitrogen and oxygen atoms in total. The highest BCUT2D eigenvalue weighted by Crippen LogP contribution is 2.31. The van der Waals surface area contributed by atoms with Crippen LogP contribution in [-0.2, 0) is 9.53 Å². The number of hydrogen-bond acceptors (Lipinski definition) is 6. The minimum absolute atomic E-state index is 0. The number of carbonyl (C=O) groups excluding carboxylic acids is 1. The molecule has 0 spiro atoms. The lowest BCUT2D eigenvalue weighted by Gasteiger charge is -2.27. The molecule has 4 rings (SSSR count). The number of para-hydroxylation sites is 1. The van der Waals surface area contributed by atoms with E-state index >= 15 is 0 Å².